The predicted octanol–water partition coefficient (Wildman–Crippen LogP) is 0.478. The van der Waals surface area contributed by atoms with Crippen LogP contribution in [0, 0.1) is 5.92 Å². The molecular formula is C16H25N5O4. The first kappa shape index (κ1) is 17.5. The molecule has 9 nitrogen and oxygen atoms in total. The lowest BCUT2D eigenvalue weighted by Gasteiger charge is -2.41. The van der Waals surface area contributed by atoms with E-state index in [0.717, 1.165) is 48.6 Å². The number of likely N-dealkylation sites (N-methyl/N-ethyl adjacent to an activating group) is 3. The lowest BCUT2D eigenvalue weighted by atomic mass is 9.97. The maximum absolute atomic E-state index is 12.7. The Balaban J connectivity index is 1.84. The summed E-state index contributed by atoms with van der Waals surface area (Å²) in [4.78, 5) is 48.1. The minimum absolute atomic E-state index is 0.465. The van der Waals surface area contributed by atoms with Crippen LogP contribution in [0.2, 0.25) is 0 Å². The molecule has 138 valence electrons. The highest BCUT2D eigenvalue weighted by molar-refractivity contribution is 6.22. The smallest absolute Gasteiger partial charge is 0.342 e. The Bertz CT molecular complexity index is 600. The molecule has 0 radical (unpaired) electrons. The van der Waals surface area contributed by atoms with Gasteiger partial charge in [-0.05, 0) is 36.8 Å². The van der Waals surface area contributed by atoms with Crippen LogP contribution < -0.4 is 0 Å². The number of oxime groups is 1. The van der Waals surface area contributed by atoms with Gasteiger partial charge in [0.25, 0.3) is 0 Å². The summed E-state index contributed by atoms with van der Waals surface area (Å²) in [5.74, 6) is -0.264. The van der Waals surface area contributed by atoms with Gasteiger partial charge in [0.2, 0.25) is 5.96 Å². The largest absolute Gasteiger partial charge is 0.370 e. The van der Waals surface area contributed by atoms with Gasteiger partial charge in [-0.1, -0.05) is 6.92 Å². The molecule has 0 N–H and O–H groups in total. The third kappa shape index (κ3) is 2.52. The highest BCUT2D eigenvalue weighted by Gasteiger charge is 2.65. The third-order valence-electron chi connectivity index (χ3n) is 5.33. The van der Waals surface area contributed by atoms with Crippen molar-refractivity contribution in [1.29, 1.82) is 0 Å². The molecule has 3 aliphatic heterocycles. The lowest BCUT2D eigenvalue weighted by Crippen LogP contribution is -2.73. The zero-order chi connectivity index (χ0) is 18.4. The molecule has 0 aromatic carbocycles. The first-order chi connectivity index (χ1) is 11.8. The second-order valence-electron chi connectivity index (χ2n) is 7.07. The molecule has 25 heavy (non-hydrogen) atoms. The fraction of sp³-hybridized carbons (Fsp3) is 0.750. The van der Waals surface area contributed by atoms with E-state index in [-0.39, 0.29) is 0 Å². The topological polar surface area (TPSA) is 85.8 Å². The molecule has 0 aliphatic carbocycles. The van der Waals surface area contributed by atoms with Gasteiger partial charge in [-0.3, -0.25) is 24.3 Å². The molecule has 2 fully saturated rings. The van der Waals surface area contributed by atoms with Gasteiger partial charge in [-0.15, -0.1) is 0 Å². The average molecular weight is 351 g/mol. The van der Waals surface area contributed by atoms with Crippen LogP contribution in [-0.2, 0) is 14.4 Å². The second kappa shape index (κ2) is 6.20. The maximum Gasteiger partial charge on any atom is 0.370 e. The molecule has 9 heteroatoms. The number of urea groups is 1. The quantitative estimate of drug-likeness (QED) is 0.590. The van der Waals surface area contributed by atoms with Gasteiger partial charge in [-0.2, -0.15) is 0 Å². The SMILES string of the molecule is CC1CCCN(C2=NOC3(C(=O)N(C)C(=O)N(C)C3=O)N2C)CCC1. The molecule has 0 bridgehead atoms. The van der Waals surface area contributed by atoms with Crippen molar-refractivity contribution < 1.29 is 19.2 Å². The van der Waals surface area contributed by atoms with E-state index in [4.69, 9.17) is 4.84 Å². The van der Waals surface area contributed by atoms with Gasteiger partial charge in [0.15, 0.2) is 0 Å². The van der Waals surface area contributed by atoms with Gasteiger partial charge < -0.3 is 9.74 Å². The Kier molecular flexibility index (Phi) is 4.34. The minimum Gasteiger partial charge on any atom is -0.342 e. The van der Waals surface area contributed by atoms with Gasteiger partial charge in [0.1, 0.15) is 0 Å². The van der Waals surface area contributed by atoms with Crippen LogP contribution >= 0.6 is 0 Å². The molecule has 0 atom stereocenters. The normalized spacial score (nSPS) is 25.3. The first-order valence-corrected chi connectivity index (χ1v) is 8.66. The molecule has 3 heterocycles. The van der Waals surface area contributed by atoms with Crippen LogP contribution in [0.3, 0.4) is 0 Å². The van der Waals surface area contributed by atoms with Crippen LogP contribution in [0.25, 0.3) is 0 Å². The van der Waals surface area contributed by atoms with E-state index < -0.39 is 23.6 Å². The summed E-state index contributed by atoms with van der Waals surface area (Å²) >= 11 is 0. The van der Waals surface area contributed by atoms with E-state index in [2.05, 4.69) is 17.0 Å². The Hall–Kier alpha value is -2.32. The number of likely N-dealkylation sites (tertiary alicyclic amines) is 1. The van der Waals surface area contributed by atoms with Crippen LogP contribution in [0.1, 0.15) is 32.6 Å². The van der Waals surface area contributed by atoms with E-state index in [1.54, 1.807) is 7.05 Å². The van der Waals surface area contributed by atoms with Crippen molar-refractivity contribution in [2.24, 2.45) is 11.1 Å². The zero-order valence-corrected chi connectivity index (χ0v) is 15.2. The summed E-state index contributed by atoms with van der Waals surface area (Å²) in [5.41, 5.74) is -1.93. The van der Waals surface area contributed by atoms with E-state index in [9.17, 15) is 14.4 Å². The highest BCUT2D eigenvalue weighted by atomic mass is 16.7. The molecule has 0 aromatic rings. The number of hydrogen-bond acceptors (Lipinski definition) is 7. The summed E-state index contributed by atoms with van der Waals surface area (Å²) in [6, 6.07) is -0.675. The number of amides is 4. The monoisotopic (exact) mass is 351 g/mol. The van der Waals surface area contributed by atoms with Gasteiger partial charge >= 0.3 is 23.6 Å². The predicted molar refractivity (Wildman–Crippen MR) is 89.2 cm³/mol. The van der Waals surface area contributed by atoms with Crippen molar-refractivity contribution in [3.63, 3.8) is 0 Å². The average Bonchev–Trinajstić information content (AvgIpc) is 2.91. The Morgan fingerprint density at radius 1 is 1.00 bits per heavy atom. The van der Waals surface area contributed by atoms with E-state index in [1.165, 1.54) is 19.0 Å². The molecule has 0 unspecified atom stereocenters. The van der Waals surface area contributed by atoms with Crippen molar-refractivity contribution in [1.82, 2.24) is 19.6 Å². The fourth-order valence-corrected chi connectivity index (χ4v) is 3.67. The van der Waals surface area contributed by atoms with Crippen LogP contribution in [-0.4, -0.2) is 83.4 Å². The zero-order valence-electron chi connectivity index (χ0n) is 15.2. The number of hydrogen-bond donors (Lipinski definition) is 0. The number of carbonyl (C=O) groups is 3. The molecule has 3 aliphatic rings. The number of nitrogens with zero attached hydrogens (tertiary/aromatic N) is 5. The van der Waals surface area contributed by atoms with Gasteiger partial charge in [0, 0.05) is 34.2 Å². The number of guanidine groups is 1. The molecule has 2 saturated heterocycles. The minimum atomic E-state index is -1.93. The lowest BCUT2D eigenvalue weighted by molar-refractivity contribution is -0.186. The van der Waals surface area contributed by atoms with Gasteiger partial charge in [0.05, 0.1) is 0 Å². The molecule has 4 amide bonds. The van der Waals surface area contributed by atoms with Crippen molar-refractivity contribution in [2.45, 2.75) is 38.3 Å². The molecule has 3 rings (SSSR count). The highest BCUT2D eigenvalue weighted by Crippen LogP contribution is 2.32. The summed E-state index contributed by atoms with van der Waals surface area (Å²) in [6.45, 7) is 3.84. The Morgan fingerprint density at radius 3 is 2.04 bits per heavy atom. The van der Waals surface area contributed by atoms with Crippen molar-refractivity contribution >= 4 is 23.8 Å². The summed E-state index contributed by atoms with van der Waals surface area (Å²) < 4.78 is 0. The van der Waals surface area contributed by atoms with Crippen LogP contribution in [0.5, 0.6) is 0 Å². The molecule has 1 spiro atoms. The van der Waals surface area contributed by atoms with Gasteiger partial charge in [-0.25, -0.2) is 4.79 Å². The molecular weight excluding hydrogens is 326 g/mol. The summed E-state index contributed by atoms with van der Waals surface area (Å²) in [6.07, 6.45) is 4.30. The van der Waals surface area contributed by atoms with E-state index >= 15 is 0 Å². The first-order valence-electron chi connectivity index (χ1n) is 8.66. The molecule has 0 saturated carbocycles. The van der Waals surface area contributed by atoms with Crippen molar-refractivity contribution in [2.75, 3.05) is 34.2 Å². The Morgan fingerprint density at radius 2 is 1.52 bits per heavy atom. The summed E-state index contributed by atoms with van der Waals surface area (Å²) in [5, 5.41) is 4.07. The second-order valence-corrected chi connectivity index (χ2v) is 7.07. The van der Waals surface area contributed by atoms with Crippen LogP contribution in [0.4, 0.5) is 4.79 Å². The Labute approximate surface area is 147 Å². The van der Waals surface area contributed by atoms with Crippen LogP contribution in [0.15, 0.2) is 5.16 Å². The number of carbonyl (C=O) groups excluding carboxylic acids is 3. The van der Waals surface area contributed by atoms with Crippen molar-refractivity contribution in [3.05, 3.63) is 0 Å². The number of imide groups is 2. The van der Waals surface area contributed by atoms with E-state index in [0.29, 0.717) is 11.9 Å². The summed E-state index contributed by atoms with van der Waals surface area (Å²) in [7, 11) is 4.28. The van der Waals surface area contributed by atoms with E-state index in [1.807, 2.05) is 0 Å². The number of rotatable bonds is 0. The fourth-order valence-electron chi connectivity index (χ4n) is 3.67. The standard InChI is InChI=1S/C16H25N5O4/c1-11-7-5-9-21(10-6-8-11)14-17-25-16(20(14)4)12(22)18(2)15(24)19(3)13(16)23/h11H,5-10H2,1-4H3. The third-order valence-corrected chi connectivity index (χ3v) is 5.33. The maximum atomic E-state index is 12.7. The number of barbiturate groups is 1. The van der Waals surface area contributed by atoms with Crippen molar-refractivity contribution in [3.8, 4) is 0 Å². The molecule has 0 aromatic heterocycles.